The summed E-state index contributed by atoms with van der Waals surface area (Å²) in [4.78, 5) is 30.3. The summed E-state index contributed by atoms with van der Waals surface area (Å²) >= 11 is 0. The van der Waals surface area contributed by atoms with Crippen molar-refractivity contribution in [2.75, 3.05) is 26.5 Å². The normalized spacial score (nSPS) is 15.8. The molecule has 10 heteroatoms. The summed E-state index contributed by atoms with van der Waals surface area (Å²) in [5.74, 6) is 2.83. The van der Waals surface area contributed by atoms with Crippen molar-refractivity contribution in [3.63, 3.8) is 0 Å². The molecular formula is C35H42NO8P. The van der Waals surface area contributed by atoms with Gasteiger partial charge < -0.3 is 38.6 Å². The molecule has 45 heavy (non-hydrogen) atoms. The molecule has 1 saturated carbocycles. The minimum atomic E-state index is -2.51. The van der Waals surface area contributed by atoms with Crippen LogP contribution in [0.5, 0.6) is 23.0 Å². The molecule has 9 nitrogen and oxygen atoms in total. The fourth-order valence-electron chi connectivity index (χ4n) is 6.02. The van der Waals surface area contributed by atoms with Crippen LogP contribution in [0.25, 0.3) is 11.1 Å². The van der Waals surface area contributed by atoms with Gasteiger partial charge in [0.05, 0.1) is 0 Å². The van der Waals surface area contributed by atoms with E-state index in [0.717, 1.165) is 46.6 Å². The molecule has 3 N–H and O–H groups in total. The second-order valence-electron chi connectivity index (χ2n) is 11.4. The van der Waals surface area contributed by atoms with Crippen molar-refractivity contribution in [2.24, 2.45) is 5.92 Å². The average Bonchev–Trinajstić information content (AvgIpc) is 3.51. The van der Waals surface area contributed by atoms with Crippen LogP contribution in [0.3, 0.4) is 0 Å². The Morgan fingerprint density at radius 3 is 2.20 bits per heavy atom. The molecule has 0 radical (unpaired) electrons. The van der Waals surface area contributed by atoms with Crippen LogP contribution < -0.4 is 24.1 Å². The fourth-order valence-corrected chi connectivity index (χ4v) is 6.33. The maximum absolute atomic E-state index is 11.8. The summed E-state index contributed by atoms with van der Waals surface area (Å²) in [5.41, 5.74) is 5.03. The molecule has 1 heterocycles. The van der Waals surface area contributed by atoms with Crippen molar-refractivity contribution in [1.82, 2.24) is 5.32 Å². The molecular weight excluding hydrogens is 593 g/mol. The van der Waals surface area contributed by atoms with Crippen LogP contribution in [0.15, 0.2) is 66.7 Å². The second-order valence-corrected chi connectivity index (χ2v) is 12.1. The lowest BCUT2D eigenvalue weighted by Gasteiger charge is -2.24. The average molecular weight is 636 g/mol. The Morgan fingerprint density at radius 1 is 0.911 bits per heavy atom. The number of carbonyl (C=O) groups is 1. The molecule has 0 amide bonds. The van der Waals surface area contributed by atoms with E-state index in [1.807, 2.05) is 54.6 Å². The molecule has 5 rings (SSSR count). The second kappa shape index (κ2) is 16.1. The van der Waals surface area contributed by atoms with E-state index in [9.17, 15) is 14.6 Å². The topological polar surface area (TPSA) is 116 Å². The lowest BCUT2D eigenvalue weighted by molar-refractivity contribution is -0.147. The standard InChI is InChI=1S/C35H42NO8P/c1-3-32(28-13-18-33-34(19-28)42-23-41-33)35(27-11-16-30(17-12-27)44-45(38)39)26-9-14-29(15-10-26)40-22-31(43-24(2)37)21-36-20-25-7-5-4-6-8-25/h9-19,25,31,36,38-39H,3-8,20-23H2,1-2H3/b35-32+. The van der Waals surface area contributed by atoms with Crippen LogP contribution >= 0.6 is 8.60 Å². The van der Waals surface area contributed by atoms with Gasteiger partial charge in [0.2, 0.25) is 6.79 Å². The first-order valence-electron chi connectivity index (χ1n) is 15.6. The highest BCUT2D eigenvalue weighted by molar-refractivity contribution is 7.39. The Balaban J connectivity index is 1.35. The number of hydrogen-bond acceptors (Lipinski definition) is 9. The monoisotopic (exact) mass is 635 g/mol. The van der Waals surface area contributed by atoms with Gasteiger partial charge in [0, 0.05) is 13.5 Å². The maximum atomic E-state index is 11.8. The number of hydrogen-bond donors (Lipinski definition) is 3. The first-order valence-corrected chi connectivity index (χ1v) is 16.8. The number of benzene rings is 3. The van der Waals surface area contributed by atoms with Crippen molar-refractivity contribution in [1.29, 1.82) is 0 Å². The molecule has 1 aliphatic heterocycles. The van der Waals surface area contributed by atoms with Gasteiger partial charge in [-0.25, -0.2) is 0 Å². The van der Waals surface area contributed by atoms with E-state index in [-0.39, 0.29) is 19.4 Å². The Morgan fingerprint density at radius 2 is 1.56 bits per heavy atom. The molecule has 240 valence electrons. The van der Waals surface area contributed by atoms with E-state index in [2.05, 4.69) is 12.2 Å². The number of nitrogens with one attached hydrogen (secondary N) is 1. The van der Waals surface area contributed by atoms with Crippen molar-refractivity contribution in [3.8, 4) is 23.0 Å². The van der Waals surface area contributed by atoms with E-state index in [4.69, 9.17) is 23.5 Å². The van der Waals surface area contributed by atoms with Crippen molar-refractivity contribution < 1.29 is 38.1 Å². The van der Waals surface area contributed by atoms with Crippen LogP contribution in [-0.2, 0) is 9.53 Å². The molecule has 1 unspecified atom stereocenters. The van der Waals surface area contributed by atoms with E-state index < -0.39 is 14.7 Å². The third-order valence-electron chi connectivity index (χ3n) is 8.15. The lowest BCUT2D eigenvalue weighted by atomic mass is 9.88. The molecule has 0 spiro atoms. The first kappa shape index (κ1) is 32.8. The third-order valence-corrected chi connectivity index (χ3v) is 8.52. The summed E-state index contributed by atoms with van der Waals surface area (Å²) < 4.78 is 27.9. The minimum absolute atomic E-state index is 0.201. The van der Waals surface area contributed by atoms with Crippen LogP contribution in [0, 0.1) is 5.92 Å². The SMILES string of the molecule is CC/C(=C(/c1ccc(OCC(CNCC2CCCCC2)OC(C)=O)cc1)c1ccc(OP(O)O)cc1)c1ccc2c(c1)OCO2. The van der Waals surface area contributed by atoms with E-state index in [1.165, 1.54) is 39.0 Å². The van der Waals surface area contributed by atoms with Crippen molar-refractivity contribution in [2.45, 2.75) is 58.5 Å². The van der Waals surface area contributed by atoms with E-state index in [0.29, 0.717) is 29.7 Å². The van der Waals surface area contributed by atoms with Crippen LogP contribution in [0.4, 0.5) is 0 Å². The van der Waals surface area contributed by atoms with Crippen LogP contribution in [-0.4, -0.2) is 48.3 Å². The molecule has 3 aromatic rings. The van der Waals surface area contributed by atoms with E-state index in [1.54, 1.807) is 12.1 Å². The Labute approximate surface area is 266 Å². The van der Waals surface area contributed by atoms with E-state index >= 15 is 0 Å². The van der Waals surface area contributed by atoms with Gasteiger partial charge in [-0.2, -0.15) is 0 Å². The van der Waals surface area contributed by atoms with Crippen molar-refractivity contribution in [3.05, 3.63) is 83.4 Å². The van der Waals surface area contributed by atoms with Gasteiger partial charge >= 0.3 is 14.6 Å². The van der Waals surface area contributed by atoms with Gasteiger partial charge in [0.25, 0.3) is 0 Å². The predicted molar refractivity (Wildman–Crippen MR) is 174 cm³/mol. The smallest absolute Gasteiger partial charge is 0.391 e. The summed E-state index contributed by atoms with van der Waals surface area (Å²) in [7, 11) is -2.51. The van der Waals surface area contributed by atoms with Crippen molar-refractivity contribution >= 4 is 25.7 Å². The zero-order valence-electron chi connectivity index (χ0n) is 25.9. The third kappa shape index (κ3) is 9.21. The zero-order chi connectivity index (χ0) is 31.6. The molecule has 1 atom stereocenters. The highest BCUT2D eigenvalue weighted by atomic mass is 31.2. The molecule has 0 aromatic heterocycles. The highest BCUT2D eigenvalue weighted by Crippen LogP contribution is 2.40. The summed E-state index contributed by atoms with van der Waals surface area (Å²) in [6.45, 7) is 5.46. The van der Waals surface area contributed by atoms with Gasteiger partial charge in [-0.05, 0) is 96.0 Å². The Hall–Kier alpha value is -3.62. The predicted octanol–water partition coefficient (Wildman–Crippen LogP) is 6.86. The van der Waals surface area contributed by atoms with Gasteiger partial charge in [0.1, 0.15) is 24.2 Å². The van der Waals surface area contributed by atoms with Gasteiger partial charge in [-0.1, -0.05) is 56.5 Å². The van der Waals surface area contributed by atoms with Gasteiger partial charge in [0.15, 0.2) is 11.5 Å². The summed E-state index contributed by atoms with van der Waals surface area (Å²) in [6.07, 6.45) is 6.76. The molecule has 1 aliphatic carbocycles. The van der Waals surface area contributed by atoms with Crippen LogP contribution in [0.1, 0.15) is 69.1 Å². The molecule has 1 fully saturated rings. The zero-order valence-corrected chi connectivity index (χ0v) is 26.8. The summed E-state index contributed by atoms with van der Waals surface area (Å²) in [5, 5.41) is 3.49. The number of carbonyl (C=O) groups excluding carboxylic acids is 1. The Bertz CT molecular complexity index is 1440. The first-order chi connectivity index (χ1) is 21.9. The number of fused-ring (bicyclic) bond motifs is 1. The number of rotatable bonds is 14. The number of allylic oxidation sites excluding steroid dienone is 1. The molecule has 0 bridgehead atoms. The van der Waals surface area contributed by atoms with Gasteiger partial charge in [-0.3, -0.25) is 4.79 Å². The number of ether oxygens (including phenoxy) is 4. The fraction of sp³-hybridized carbons (Fsp3) is 0.400. The Kier molecular flexibility index (Phi) is 11.7. The number of esters is 1. The molecule has 0 saturated heterocycles. The van der Waals surface area contributed by atoms with Crippen LogP contribution in [0.2, 0.25) is 0 Å². The molecule has 2 aliphatic rings. The maximum Gasteiger partial charge on any atom is 0.391 e. The van der Waals surface area contributed by atoms with Gasteiger partial charge in [-0.15, -0.1) is 0 Å². The summed E-state index contributed by atoms with van der Waals surface area (Å²) in [6, 6.07) is 21.1. The quantitative estimate of drug-likeness (QED) is 0.0993. The lowest BCUT2D eigenvalue weighted by Crippen LogP contribution is -2.37. The molecule has 3 aromatic carbocycles. The highest BCUT2D eigenvalue weighted by Gasteiger charge is 2.20. The largest absolute Gasteiger partial charge is 0.490 e. The minimum Gasteiger partial charge on any atom is -0.490 e.